The Hall–Kier alpha value is -2.27. The predicted octanol–water partition coefficient (Wildman–Crippen LogP) is 2.91. The molecule has 5 heteroatoms. The summed E-state index contributed by atoms with van der Waals surface area (Å²) in [6.07, 6.45) is 4.63. The van der Waals surface area contributed by atoms with Crippen molar-refractivity contribution in [1.82, 2.24) is 19.9 Å². The van der Waals surface area contributed by atoms with Gasteiger partial charge in [0.15, 0.2) is 5.65 Å². The zero-order valence-corrected chi connectivity index (χ0v) is 12.9. The van der Waals surface area contributed by atoms with Crippen molar-refractivity contribution in [2.24, 2.45) is 0 Å². The maximum absolute atomic E-state index is 14.0. The Morgan fingerprint density at radius 3 is 2.96 bits per heavy atom. The second kappa shape index (κ2) is 6.08. The lowest BCUT2D eigenvalue weighted by atomic mass is 10.1. The van der Waals surface area contributed by atoms with Gasteiger partial charge >= 0.3 is 0 Å². The average Bonchev–Trinajstić information content (AvgIpc) is 3.19. The van der Waals surface area contributed by atoms with Crippen molar-refractivity contribution in [3.63, 3.8) is 0 Å². The van der Waals surface area contributed by atoms with Crippen LogP contribution in [0, 0.1) is 5.82 Å². The Kier molecular flexibility index (Phi) is 3.79. The van der Waals surface area contributed by atoms with Crippen molar-refractivity contribution >= 4 is 11.2 Å². The van der Waals surface area contributed by atoms with Crippen molar-refractivity contribution in [3.8, 4) is 0 Å². The van der Waals surface area contributed by atoms with Gasteiger partial charge < -0.3 is 9.88 Å². The van der Waals surface area contributed by atoms with E-state index >= 15 is 0 Å². The van der Waals surface area contributed by atoms with Gasteiger partial charge in [-0.05, 0) is 43.1 Å². The van der Waals surface area contributed by atoms with Crippen LogP contribution in [0.1, 0.15) is 24.2 Å². The number of imidazole rings is 1. The van der Waals surface area contributed by atoms with E-state index in [0.717, 1.165) is 36.5 Å². The van der Waals surface area contributed by atoms with Crippen LogP contribution in [0.5, 0.6) is 0 Å². The molecule has 118 valence electrons. The molecule has 1 unspecified atom stereocenters. The van der Waals surface area contributed by atoms with Crippen LogP contribution in [0.15, 0.2) is 42.6 Å². The number of pyridine rings is 1. The molecule has 4 rings (SSSR count). The minimum absolute atomic E-state index is 0.182. The third-order valence-electron chi connectivity index (χ3n) is 4.45. The largest absolute Gasteiger partial charge is 0.312 e. The Morgan fingerprint density at radius 2 is 2.13 bits per heavy atom. The maximum Gasteiger partial charge on any atom is 0.160 e. The lowest BCUT2D eigenvalue weighted by Gasteiger charge is -2.14. The van der Waals surface area contributed by atoms with E-state index in [1.807, 2.05) is 24.3 Å². The number of fused-ring (bicyclic) bond motifs is 1. The second-order valence-corrected chi connectivity index (χ2v) is 6.05. The van der Waals surface area contributed by atoms with Gasteiger partial charge in [-0.15, -0.1) is 0 Å². The van der Waals surface area contributed by atoms with E-state index in [2.05, 4.69) is 14.9 Å². The SMILES string of the molecule is Fc1ccccc1Cc1nc2cccnc2n1CC1CCCN1. The van der Waals surface area contributed by atoms with Crippen LogP contribution < -0.4 is 5.32 Å². The zero-order valence-electron chi connectivity index (χ0n) is 12.9. The fraction of sp³-hybridized carbons (Fsp3) is 0.333. The number of halogens is 1. The van der Waals surface area contributed by atoms with Gasteiger partial charge in [-0.2, -0.15) is 0 Å². The molecule has 1 atom stereocenters. The van der Waals surface area contributed by atoms with Crippen LogP contribution in [-0.4, -0.2) is 27.1 Å². The topological polar surface area (TPSA) is 42.7 Å². The lowest BCUT2D eigenvalue weighted by Crippen LogP contribution is -2.27. The van der Waals surface area contributed by atoms with Crippen molar-refractivity contribution in [1.29, 1.82) is 0 Å². The predicted molar refractivity (Wildman–Crippen MR) is 87.8 cm³/mol. The summed E-state index contributed by atoms with van der Waals surface area (Å²) in [5.41, 5.74) is 2.42. The highest BCUT2D eigenvalue weighted by molar-refractivity contribution is 5.71. The lowest BCUT2D eigenvalue weighted by molar-refractivity contribution is 0.504. The molecule has 1 saturated heterocycles. The zero-order chi connectivity index (χ0) is 15.6. The highest BCUT2D eigenvalue weighted by atomic mass is 19.1. The Labute approximate surface area is 134 Å². The first kappa shape index (κ1) is 14.3. The van der Waals surface area contributed by atoms with Gasteiger partial charge in [0.1, 0.15) is 17.2 Å². The first-order valence-electron chi connectivity index (χ1n) is 8.08. The number of nitrogens with zero attached hydrogens (tertiary/aromatic N) is 3. The van der Waals surface area contributed by atoms with Crippen LogP contribution in [-0.2, 0) is 13.0 Å². The minimum Gasteiger partial charge on any atom is -0.312 e. The molecule has 1 aliphatic rings. The quantitative estimate of drug-likeness (QED) is 0.806. The molecule has 3 aromatic rings. The summed E-state index contributed by atoms with van der Waals surface area (Å²) in [5, 5.41) is 3.51. The van der Waals surface area contributed by atoms with E-state index in [0.29, 0.717) is 18.0 Å². The third-order valence-corrected chi connectivity index (χ3v) is 4.45. The molecular formula is C18H19FN4. The first-order chi connectivity index (χ1) is 11.3. The standard InChI is InChI=1S/C18H19FN4/c19-15-7-2-1-5-13(15)11-17-22-16-8-4-10-21-18(16)23(17)12-14-6-3-9-20-14/h1-2,4-5,7-8,10,14,20H,3,6,9,11-12H2. The van der Waals surface area contributed by atoms with Crippen molar-refractivity contribution < 1.29 is 4.39 Å². The summed E-state index contributed by atoms with van der Waals surface area (Å²) in [7, 11) is 0. The summed E-state index contributed by atoms with van der Waals surface area (Å²) >= 11 is 0. The molecular weight excluding hydrogens is 291 g/mol. The van der Waals surface area contributed by atoms with Gasteiger partial charge in [-0.3, -0.25) is 0 Å². The van der Waals surface area contributed by atoms with Crippen LogP contribution >= 0.6 is 0 Å². The van der Waals surface area contributed by atoms with Crippen LogP contribution in [0.3, 0.4) is 0 Å². The monoisotopic (exact) mass is 310 g/mol. The van der Waals surface area contributed by atoms with E-state index in [-0.39, 0.29) is 5.82 Å². The van der Waals surface area contributed by atoms with Crippen LogP contribution in [0.2, 0.25) is 0 Å². The summed E-state index contributed by atoms with van der Waals surface area (Å²) in [6.45, 7) is 1.89. The molecule has 1 fully saturated rings. The van der Waals surface area contributed by atoms with E-state index < -0.39 is 0 Å². The summed E-state index contributed by atoms with van der Waals surface area (Å²) in [6, 6.07) is 11.2. The average molecular weight is 310 g/mol. The van der Waals surface area contributed by atoms with E-state index in [9.17, 15) is 4.39 Å². The molecule has 0 bridgehead atoms. The molecule has 1 N–H and O–H groups in total. The van der Waals surface area contributed by atoms with Crippen molar-refractivity contribution in [3.05, 3.63) is 59.8 Å². The fourth-order valence-electron chi connectivity index (χ4n) is 3.28. The normalized spacial score (nSPS) is 17.9. The third kappa shape index (κ3) is 2.84. The number of nitrogens with one attached hydrogen (secondary N) is 1. The molecule has 0 amide bonds. The number of rotatable bonds is 4. The first-order valence-corrected chi connectivity index (χ1v) is 8.08. The Balaban J connectivity index is 1.73. The van der Waals surface area contributed by atoms with Gasteiger partial charge in [0.25, 0.3) is 0 Å². The molecule has 1 aromatic carbocycles. The Morgan fingerprint density at radius 1 is 1.22 bits per heavy atom. The summed E-state index contributed by atoms with van der Waals surface area (Å²) < 4.78 is 16.1. The van der Waals surface area contributed by atoms with Crippen LogP contribution in [0.4, 0.5) is 4.39 Å². The van der Waals surface area contributed by atoms with E-state index in [4.69, 9.17) is 4.98 Å². The second-order valence-electron chi connectivity index (χ2n) is 6.05. The van der Waals surface area contributed by atoms with Gasteiger partial charge in [0.05, 0.1) is 0 Å². The molecule has 2 aromatic heterocycles. The minimum atomic E-state index is -0.182. The maximum atomic E-state index is 14.0. The molecule has 4 nitrogen and oxygen atoms in total. The molecule has 1 aliphatic heterocycles. The summed E-state index contributed by atoms with van der Waals surface area (Å²) in [5.74, 6) is 0.690. The molecule has 0 radical (unpaired) electrons. The molecule has 3 heterocycles. The van der Waals surface area contributed by atoms with Gasteiger partial charge in [-0.25, -0.2) is 14.4 Å². The molecule has 0 saturated carbocycles. The van der Waals surface area contributed by atoms with Gasteiger partial charge in [0.2, 0.25) is 0 Å². The fourth-order valence-corrected chi connectivity index (χ4v) is 3.28. The van der Waals surface area contributed by atoms with Crippen LogP contribution in [0.25, 0.3) is 11.2 Å². The molecule has 0 aliphatic carbocycles. The number of hydrogen-bond acceptors (Lipinski definition) is 3. The van der Waals surface area contributed by atoms with Gasteiger partial charge in [0, 0.05) is 25.2 Å². The molecule has 23 heavy (non-hydrogen) atoms. The highest BCUT2D eigenvalue weighted by Crippen LogP contribution is 2.20. The Bertz CT molecular complexity index is 821. The van der Waals surface area contributed by atoms with Crippen molar-refractivity contribution in [2.45, 2.75) is 31.8 Å². The van der Waals surface area contributed by atoms with Gasteiger partial charge in [-0.1, -0.05) is 18.2 Å². The van der Waals surface area contributed by atoms with E-state index in [1.165, 1.54) is 12.5 Å². The molecule has 0 spiro atoms. The highest BCUT2D eigenvalue weighted by Gasteiger charge is 2.19. The van der Waals surface area contributed by atoms with Crippen molar-refractivity contribution in [2.75, 3.05) is 6.54 Å². The summed E-state index contributed by atoms with van der Waals surface area (Å²) in [4.78, 5) is 9.18. The number of aromatic nitrogens is 3. The van der Waals surface area contributed by atoms with E-state index in [1.54, 1.807) is 12.3 Å². The smallest absolute Gasteiger partial charge is 0.160 e. The number of hydrogen-bond donors (Lipinski definition) is 1. The number of benzene rings is 1.